The first-order chi connectivity index (χ1) is 9.95. The average Bonchev–Trinajstić information content (AvgIpc) is 2.96. The van der Waals surface area contributed by atoms with Crippen molar-refractivity contribution in [3.8, 4) is 0 Å². The Hall–Kier alpha value is -1.38. The first-order valence-corrected chi connectivity index (χ1v) is 8.42. The van der Waals surface area contributed by atoms with Crippen LogP contribution in [0.2, 0.25) is 0 Å². The van der Waals surface area contributed by atoms with Crippen LogP contribution in [0.5, 0.6) is 0 Å². The highest BCUT2D eigenvalue weighted by Crippen LogP contribution is 2.22. The molecule has 1 saturated heterocycles. The molecule has 1 unspecified atom stereocenters. The van der Waals surface area contributed by atoms with Crippen molar-refractivity contribution in [1.29, 1.82) is 0 Å². The largest absolute Gasteiger partial charge is 0.477 e. The minimum absolute atomic E-state index is 0.0176. The van der Waals surface area contributed by atoms with Crippen LogP contribution >= 0.6 is 0 Å². The van der Waals surface area contributed by atoms with E-state index in [-0.39, 0.29) is 16.7 Å². The quantitative estimate of drug-likeness (QED) is 0.824. The summed E-state index contributed by atoms with van der Waals surface area (Å²) >= 11 is 0. The summed E-state index contributed by atoms with van der Waals surface area (Å²) in [7, 11) is -3.67. The number of hydrogen-bond donors (Lipinski definition) is 2. The zero-order chi connectivity index (χ0) is 15.5. The number of aromatic carboxylic acids is 1. The second-order valence-corrected chi connectivity index (χ2v) is 6.99. The SMILES string of the molecule is CCCOC1CCCN(S(=O)(=O)c2c[nH]c(C(=O)O)c2)C1. The molecule has 0 spiro atoms. The van der Waals surface area contributed by atoms with Gasteiger partial charge in [-0.05, 0) is 25.3 Å². The second kappa shape index (κ2) is 6.59. The van der Waals surface area contributed by atoms with Crippen molar-refractivity contribution in [2.75, 3.05) is 19.7 Å². The number of carbonyl (C=O) groups is 1. The number of hydrogen-bond acceptors (Lipinski definition) is 4. The van der Waals surface area contributed by atoms with Gasteiger partial charge in [0, 0.05) is 25.9 Å². The molecule has 0 aliphatic carbocycles. The Morgan fingerprint density at radius 1 is 1.57 bits per heavy atom. The first-order valence-electron chi connectivity index (χ1n) is 6.98. The number of nitrogens with one attached hydrogen (secondary N) is 1. The van der Waals surface area contributed by atoms with Gasteiger partial charge in [-0.15, -0.1) is 0 Å². The lowest BCUT2D eigenvalue weighted by Gasteiger charge is -2.31. The van der Waals surface area contributed by atoms with Crippen molar-refractivity contribution in [1.82, 2.24) is 9.29 Å². The van der Waals surface area contributed by atoms with Gasteiger partial charge in [0.15, 0.2) is 0 Å². The Bertz CT molecular complexity index is 595. The number of H-pyrrole nitrogens is 1. The van der Waals surface area contributed by atoms with Crippen LogP contribution in [0.3, 0.4) is 0 Å². The number of rotatable bonds is 6. The third-order valence-corrected chi connectivity index (χ3v) is 5.27. The van der Waals surface area contributed by atoms with Gasteiger partial charge in [0.25, 0.3) is 0 Å². The van der Waals surface area contributed by atoms with Gasteiger partial charge in [-0.1, -0.05) is 6.92 Å². The van der Waals surface area contributed by atoms with Crippen LogP contribution in [0.15, 0.2) is 17.2 Å². The molecule has 8 heteroatoms. The van der Waals surface area contributed by atoms with Crippen LogP contribution in [0, 0.1) is 0 Å². The van der Waals surface area contributed by atoms with Crippen LogP contribution in [0.25, 0.3) is 0 Å². The number of piperidine rings is 1. The molecule has 2 heterocycles. The number of ether oxygens (including phenoxy) is 1. The summed E-state index contributed by atoms with van der Waals surface area (Å²) in [6, 6.07) is 1.15. The van der Waals surface area contributed by atoms with Gasteiger partial charge in [0.2, 0.25) is 10.0 Å². The summed E-state index contributed by atoms with van der Waals surface area (Å²) in [4.78, 5) is 13.3. The van der Waals surface area contributed by atoms with Crippen molar-refractivity contribution in [2.24, 2.45) is 0 Å². The van der Waals surface area contributed by atoms with Gasteiger partial charge in [0.1, 0.15) is 10.6 Å². The van der Waals surface area contributed by atoms with E-state index in [1.807, 2.05) is 6.92 Å². The summed E-state index contributed by atoms with van der Waals surface area (Å²) < 4.78 is 32.0. The van der Waals surface area contributed by atoms with Gasteiger partial charge in [0.05, 0.1) is 6.10 Å². The first kappa shape index (κ1) is 16.0. The van der Waals surface area contributed by atoms with Crippen LogP contribution in [0.4, 0.5) is 0 Å². The van der Waals surface area contributed by atoms with Gasteiger partial charge in [-0.3, -0.25) is 0 Å². The molecule has 1 aliphatic heterocycles. The Morgan fingerprint density at radius 2 is 2.33 bits per heavy atom. The van der Waals surface area contributed by atoms with E-state index in [1.54, 1.807) is 0 Å². The van der Waals surface area contributed by atoms with Crippen LogP contribution in [-0.2, 0) is 14.8 Å². The molecule has 21 heavy (non-hydrogen) atoms. The second-order valence-electron chi connectivity index (χ2n) is 5.05. The molecule has 2 rings (SSSR count). The highest BCUT2D eigenvalue weighted by molar-refractivity contribution is 7.89. The third kappa shape index (κ3) is 3.63. The van der Waals surface area contributed by atoms with E-state index in [1.165, 1.54) is 10.5 Å². The molecule has 7 nitrogen and oxygen atoms in total. The van der Waals surface area contributed by atoms with Crippen LogP contribution in [-0.4, -0.2) is 54.6 Å². The van der Waals surface area contributed by atoms with Gasteiger partial charge in [-0.25, -0.2) is 13.2 Å². The molecule has 0 amide bonds. The molecule has 1 aromatic heterocycles. The third-order valence-electron chi connectivity index (χ3n) is 3.42. The highest BCUT2D eigenvalue weighted by atomic mass is 32.2. The van der Waals surface area contributed by atoms with Gasteiger partial charge in [-0.2, -0.15) is 4.31 Å². The van der Waals surface area contributed by atoms with E-state index < -0.39 is 16.0 Å². The van der Waals surface area contributed by atoms with Crippen LogP contribution < -0.4 is 0 Å². The zero-order valence-corrected chi connectivity index (χ0v) is 12.7. The smallest absolute Gasteiger partial charge is 0.352 e. The molecule has 1 aromatic rings. The Morgan fingerprint density at radius 3 is 2.95 bits per heavy atom. The molecular weight excluding hydrogens is 296 g/mol. The van der Waals surface area contributed by atoms with Gasteiger partial charge >= 0.3 is 5.97 Å². The number of sulfonamides is 1. The summed E-state index contributed by atoms with van der Waals surface area (Å²) in [6.07, 6.45) is 3.60. The summed E-state index contributed by atoms with van der Waals surface area (Å²) in [5.74, 6) is -1.18. The van der Waals surface area contributed by atoms with Crippen LogP contribution in [0.1, 0.15) is 36.7 Å². The van der Waals surface area contributed by atoms with E-state index in [0.29, 0.717) is 19.7 Å². The fourth-order valence-electron chi connectivity index (χ4n) is 2.34. The topological polar surface area (TPSA) is 99.7 Å². The maximum Gasteiger partial charge on any atom is 0.352 e. The summed E-state index contributed by atoms with van der Waals surface area (Å²) in [5.41, 5.74) is -0.135. The van der Waals surface area contributed by atoms with Crippen molar-refractivity contribution >= 4 is 16.0 Å². The van der Waals surface area contributed by atoms with Crippen molar-refractivity contribution in [3.05, 3.63) is 18.0 Å². The minimum atomic E-state index is -3.67. The van der Waals surface area contributed by atoms with Crippen molar-refractivity contribution < 1.29 is 23.1 Å². The molecule has 0 radical (unpaired) electrons. The number of aromatic amines is 1. The van der Waals surface area contributed by atoms with E-state index in [2.05, 4.69) is 4.98 Å². The minimum Gasteiger partial charge on any atom is -0.477 e. The number of nitrogens with zero attached hydrogens (tertiary/aromatic N) is 1. The predicted octanol–water partition coefficient (Wildman–Crippen LogP) is 1.29. The molecule has 1 atom stereocenters. The fourth-order valence-corrected chi connectivity index (χ4v) is 3.84. The Kier molecular flexibility index (Phi) is 5.02. The number of aromatic nitrogens is 1. The molecular formula is C13H20N2O5S. The van der Waals surface area contributed by atoms with E-state index in [4.69, 9.17) is 9.84 Å². The highest BCUT2D eigenvalue weighted by Gasteiger charge is 2.31. The normalized spacial score (nSPS) is 20.5. The standard InChI is InChI=1S/C13H20N2O5S/c1-2-6-20-10-4-3-5-15(9-10)21(18,19)11-7-12(13(16)17)14-8-11/h7-8,10,14H,2-6,9H2,1H3,(H,16,17). The number of carboxylic acid groups (broad SMARTS) is 1. The molecule has 0 aromatic carbocycles. The maximum atomic E-state index is 12.5. The molecule has 1 fully saturated rings. The fraction of sp³-hybridized carbons (Fsp3) is 0.615. The average molecular weight is 316 g/mol. The van der Waals surface area contributed by atoms with E-state index in [9.17, 15) is 13.2 Å². The maximum absolute atomic E-state index is 12.5. The molecule has 118 valence electrons. The van der Waals surface area contributed by atoms with Crippen molar-refractivity contribution in [2.45, 2.75) is 37.2 Å². The lowest BCUT2D eigenvalue weighted by Crippen LogP contribution is -2.43. The molecule has 1 aliphatic rings. The zero-order valence-electron chi connectivity index (χ0n) is 11.9. The van der Waals surface area contributed by atoms with Gasteiger partial charge < -0.3 is 14.8 Å². The summed E-state index contributed by atoms with van der Waals surface area (Å²) in [6.45, 7) is 3.37. The predicted molar refractivity (Wildman–Crippen MR) is 75.8 cm³/mol. The molecule has 0 saturated carbocycles. The van der Waals surface area contributed by atoms with Crippen molar-refractivity contribution in [3.63, 3.8) is 0 Å². The van der Waals surface area contributed by atoms with E-state index in [0.717, 1.165) is 25.3 Å². The lowest BCUT2D eigenvalue weighted by atomic mass is 10.1. The van der Waals surface area contributed by atoms with E-state index >= 15 is 0 Å². The Labute approximate surface area is 124 Å². The summed E-state index contributed by atoms with van der Waals surface area (Å²) in [5, 5.41) is 8.85. The number of carboxylic acids is 1. The Balaban J connectivity index is 2.12. The lowest BCUT2D eigenvalue weighted by molar-refractivity contribution is 0.0193. The molecule has 0 bridgehead atoms. The monoisotopic (exact) mass is 316 g/mol. The molecule has 2 N–H and O–H groups in total.